The average Bonchev–Trinajstić information content (AvgIpc) is 2.90. The maximum absolute atomic E-state index is 13.8. The lowest BCUT2D eigenvalue weighted by atomic mass is 10.1. The Hall–Kier alpha value is -2.12. The topological polar surface area (TPSA) is 90.4 Å². The molecule has 1 aromatic rings. The third kappa shape index (κ3) is 3.37. The third-order valence-electron chi connectivity index (χ3n) is 3.37. The lowest BCUT2D eigenvalue weighted by Crippen LogP contribution is -2.37. The molecule has 8 heteroatoms. The minimum atomic E-state index is -1.16. The number of hydrogen-bond acceptors (Lipinski definition) is 4. The Morgan fingerprint density at radius 1 is 1.45 bits per heavy atom. The van der Waals surface area contributed by atoms with E-state index in [-0.39, 0.29) is 18.7 Å². The van der Waals surface area contributed by atoms with E-state index in [4.69, 9.17) is 10.5 Å². The fourth-order valence-electron chi connectivity index (χ4n) is 2.47. The highest BCUT2D eigenvalue weighted by molar-refractivity contribution is 5.91. The first kappa shape index (κ1) is 16.3. The molecule has 2 rings (SSSR count). The monoisotopic (exact) mass is 312 g/mol. The van der Waals surface area contributed by atoms with Crippen LogP contribution in [-0.2, 0) is 11.8 Å². The van der Waals surface area contributed by atoms with Crippen molar-refractivity contribution < 1.29 is 18.7 Å². The largest absolute Gasteiger partial charge is 0.444 e. The number of likely N-dealkylation sites (tertiary alicyclic amines) is 1. The van der Waals surface area contributed by atoms with Crippen LogP contribution in [0.4, 0.5) is 9.18 Å². The van der Waals surface area contributed by atoms with E-state index in [9.17, 15) is 14.0 Å². The molecular weight excluding hydrogens is 291 g/mol. The Morgan fingerprint density at radius 2 is 2.09 bits per heavy atom. The van der Waals surface area contributed by atoms with E-state index in [0.717, 1.165) is 0 Å². The van der Waals surface area contributed by atoms with Crippen LogP contribution < -0.4 is 5.73 Å². The van der Waals surface area contributed by atoms with Crippen molar-refractivity contribution in [3.05, 3.63) is 17.5 Å². The summed E-state index contributed by atoms with van der Waals surface area (Å²) in [5, 5.41) is 4.18. The van der Waals surface area contributed by atoms with E-state index in [1.54, 1.807) is 27.8 Å². The first-order valence-electron chi connectivity index (χ1n) is 7.06. The molecule has 1 aromatic heterocycles. The van der Waals surface area contributed by atoms with Crippen LogP contribution in [0.3, 0.4) is 0 Å². The zero-order valence-corrected chi connectivity index (χ0v) is 13.2. The van der Waals surface area contributed by atoms with Gasteiger partial charge < -0.3 is 10.5 Å². The van der Waals surface area contributed by atoms with E-state index >= 15 is 0 Å². The van der Waals surface area contributed by atoms with E-state index in [0.29, 0.717) is 5.69 Å². The van der Waals surface area contributed by atoms with Crippen molar-refractivity contribution in [2.75, 3.05) is 6.54 Å². The Kier molecular flexibility index (Phi) is 4.12. The van der Waals surface area contributed by atoms with Gasteiger partial charge in [-0.3, -0.25) is 14.4 Å². The maximum Gasteiger partial charge on any atom is 0.410 e. The Labute approximate surface area is 128 Å². The molecule has 1 fully saturated rings. The van der Waals surface area contributed by atoms with Gasteiger partial charge >= 0.3 is 6.09 Å². The van der Waals surface area contributed by atoms with Gasteiger partial charge in [0.1, 0.15) is 17.5 Å². The first-order chi connectivity index (χ1) is 10.1. The van der Waals surface area contributed by atoms with E-state index in [1.807, 2.05) is 0 Å². The Bertz CT molecular complexity index is 593. The molecule has 2 atom stereocenters. The molecule has 0 bridgehead atoms. The molecular formula is C14H21FN4O3. The molecule has 2 N–H and O–H groups in total. The number of nitrogens with zero attached hydrogens (tertiary/aromatic N) is 3. The van der Waals surface area contributed by atoms with Crippen LogP contribution in [0.25, 0.3) is 0 Å². The number of ether oxygens (including phenoxy) is 1. The van der Waals surface area contributed by atoms with Gasteiger partial charge in [-0.15, -0.1) is 0 Å². The van der Waals surface area contributed by atoms with Gasteiger partial charge in [0.05, 0.1) is 18.3 Å². The molecule has 0 spiro atoms. The van der Waals surface area contributed by atoms with Crippen LogP contribution in [0.1, 0.15) is 49.4 Å². The van der Waals surface area contributed by atoms with Gasteiger partial charge in [0.15, 0.2) is 0 Å². The van der Waals surface area contributed by atoms with Crippen molar-refractivity contribution >= 4 is 12.0 Å². The summed E-state index contributed by atoms with van der Waals surface area (Å²) in [6, 6.07) is 0.923. The van der Waals surface area contributed by atoms with Gasteiger partial charge in [-0.05, 0) is 26.8 Å². The highest BCUT2D eigenvalue weighted by Gasteiger charge is 2.40. The lowest BCUT2D eigenvalue weighted by molar-refractivity contribution is 0.0213. The van der Waals surface area contributed by atoms with E-state index in [2.05, 4.69) is 5.10 Å². The van der Waals surface area contributed by atoms with Gasteiger partial charge in [-0.1, -0.05) is 0 Å². The average molecular weight is 312 g/mol. The van der Waals surface area contributed by atoms with Gasteiger partial charge in [0.25, 0.3) is 5.91 Å². The summed E-state index contributed by atoms with van der Waals surface area (Å²) in [4.78, 5) is 24.8. The van der Waals surface area contributed by atoms with Gasteiger partial charge in [0.2, 0.25) is 0 Å². The molecule has 22 heavy (non-hydrogen) atoms. The predicted octanol–water partition coefficient (Wildman–Crippen LogP) is 1.54. The number of nitrogens with two attached hydrogens (primary N) is 1. The Morgan fingerprint density at radius 3 is 2.59 bits per heavy atom. The van der Waals surface area contributed by atoms with Crippen molar-refractivity contribution in [2.24, 2.45) is 12.8 Å². The second-order valence-electron chi connectivity index (χ2n) is 6.42. The van der Waals surface area contributed by atoms with Crippen LogP contribution >= 0.6 is 0 Å². The maximum atomic E-state index is 13.8. The quantitative estimate of drug-likeness (QED) is 0.897. The van der Waals surface area contributed by atoms with Crippen LogP contribution in [0.2, 0.25) is 0 Å². The highest BCUT2D eigenvalue weighted by atomic mass is 19.1. The minimum Gasteiger partial charge on any atom is -0.444 e. The normalized spacial score (nSPS) is 22.0. The standard InChI is InChI=1S/C14H21FN4O3/c1-14(2,3)22-13(21)19-7-8(15)5-10(19)9-6-11(12(16)20)18(4)17-9/h6,8,10H,5,7H2,1-4H3,(H2,16,20)/t8-,10-/m0/s1. The summed E-state index contributed by atoms with van der Waals surface area (Å²) in [6.07, 6.45) is -1.63. The Balaban J connectivity index is 2.26. The molecule has 0 unspecified atom stereocenters. The number of alkyl halides is 1. The van der Waals surface area contributed by atoms with Crippen molar-refractivity contribution in [1.82, 2.24) is 14.7 Å². The number of hydrogen-bond donors (Lipinski definition) is 1. The smallest absolute Gasteiger partial charge is 0.410 e. The van der Waals surface area contributed by atoms with Crippen LogP contribution in [0.5, 0.6) is 0 Å². The highest BCUT2D eigenvalue weighted by Crippen LogP contribution is 2.34. The number of halogens is 1. The number of primary amides is 1. The number of aromatic nitrogens is 2. The minimum absolute atomic E-state index is 0.0535. The summed E-state index contributed by atoms with van der Waals surface area (Å²) < 4.78 is 20.4. The van der Waals surface area contributed by atoms with Gasteiger partial charge in [0, 0.05) is 13.5 Å². The van der Waals surface area contributed by atoms with Gasteiger partial charge in [-0.25, -0.2) is 9.18 Å². The number of aryl methyl sites for hydroxylation is 1. The van der Waals surface area contributed by atoms with Gasteiger partial charge in [-0.2, -0.15) is 5.10 Å². The first-order valence-corrected chi connectivity index (χ1v) is 7.06. The molecule has 0 aromatic carbocycles. The summed E-state index contributed by atoms with van der Waals surface area (Å²) in [5.74, 6) is -0.625. The zero-order valence-electron chi connectivity index (χ0n) is 13.2. The number of carbonyl (C=O) groups is 2. The molecule has 1 aliphatic rings. The van der Waals surface area contributed by atoms with Crippen LogP contribution in [0.15, 0.2) is 6.07 Å². The van der Waals surface area contributed by atoms with E-state index in [1.165, 1.54) is 15.6 Å². The summed E-state index contributed by atoms with van der Waals surface area (Å²) in [5.41, 5.74) is 5.23. The zero-order chi connectivity index (χ0) is 16.7. The molecule has 7 nitrogen and oxygen atoms in total. The molecule has 2 heterocycles. The van der Waals surface area contributed by atoms with Crippen molar-refractivity contribution in [1.29, 1.82) is 0 Å². The summed E-state index contributed by atoms with van der Waals surface area (Å²) in [6.45, 7) is 5.18. The fraction of sp³-hybridized carbons (Fsp3) is 0.643. The molecule has 0 saturated carbocycles. The molecule has 0 radical (unpaired) electrons. The predicted molar refractivity (Wildman–Crippen MR) is 76.9 cm³/mol. The molecule has 1 saturated heterocycles. The summed E-state index contributed by atoms with van der Waals surface area (Å²) in [7, 11) is 1.57. The number of carbonyl (C=O) groups excluding carboxylic acids is 2. The van der Waals surface area contributed by atoms with Crippen molar-refractivity contribution in [2.45, 2.75) is 45.0 Å². The third-order valence-corrected chi connectivity index (χ3v) is 3.37. The number of amides is 2. The van der Waals surface area contributed by atoms with Crippen molar-refractivity contribution in [3.8, 4) is 0 Å². The van der Waals surface area contributed by atoms with E-state index < -0.39 is 29.8 Å². The SMILES string of the molecule is Cn1nc([C@@H]2C[C@H](F)CN2C(=O)OC(C)(C)C)cc1C(N)=O. The summed E-state index contributed by atoms with van der Waals surface area (Å²) >= 11 is 0. The molecule has 2 amide bonds. The molecule has 122 valence electrons. The van der Waals surface area contributed by atoms with Crippen LogP contribution in [0, 0.1) is 0 Å². The second-order valence-corrected chi connectivity index (χ2v) is 6.42. The molecule has 0 aliphatic carbocycles. The van der Waals surface area contributed by atoms with Crippen LogP contribution in [-0.4, -0.2) is 45.0 Å². The molecule has 1 aliphatic heterocycles. The van der Waals surface area contributed by atoms with Crippen molar-refractivity contribution in [3.63, 3.8) is 0 Å². The fourth-order valence-corrected chi connectivity index (χ4v) is 2.47. The number of rotatable bonds is 2. The lowest BCUT2D eigenvalue weighted by Gasteiger charge is -2.27. The second kappa shape index (κ2) is 5.58.